The minimum atomic E-state index is -0.322. The number of carbonyl (C=O) groups is 3. The average Bonchev–Trinajstić information content (AvgIpc) is 2.97. The normalized spacial score (nSPS) is 8.92. The van der Waals surface area contributed by atoms with Gasteiger partial charge >= 0.3 is 51.4 Å². The molecule has 0 aliphatic heterocycles. The van der Waals surface area contributed by atoms with Crippen molar-refractivity contribution in [1.29, 1.82) is 0 Å². The van der Waals surface area contributed by atoms with E-state index in [1.807, 2.05) is 6.92 Å². The first kappa shape index (κ1) is 32.8. The van der Waals surface area contributed by atoms with E-state index in [-0.39, 0.29) is 72.1 Å². The van der Waals surface area contributed by atoms with Gasteiger partial charge in [-0.1, -0.05) is 26.0 Å². The quantitative estimate of drug-likeness (QED) is 0.227. The van der Waals surface area contributed by atoms with Crippen LogP contribution in [0.25, 0.3) is 0 Å². The number of nitrogens with one attached hydrogen (secondary N) is 2. The van der Waals surface area contributed by atoms with E-state index >= 15 is 0 Å². The van der Waals surface area contributed by atoms with Gasteiger partial charge in [-0.3, -0.25) is 19.1 Å². The fourth-order valence-corrected chi connectivity index (χ4v) is 1.41. The van der Waals surface area contributed by atoms with Crippen molar-refractivity contribution in [2.45, 2.75) is 40.3 Å². The van der Waals surface area contributed by atoms with Gasteiger partial charge in [0.2, 0.25) is 12.3 Å². The molecule has 2 amide bonds. The van der Waals surface area contributed by atoms with E-state index in [2.05, 4.69) is 34.8 Å². The molecule has 144 valence electrons. The Labute approximate surface area is 200 Å². The maximum atomic E-state index is 11.1. The molecular weight excluding hydrogens is 361 g/mol. The summed E-state index contributed by atoms with van der Waals surface area (Å²) in [5.41, 5.74) is 0.696. The second-order valence-electron chi connectivity index (χ2n) is 5.11. The molecule has 0 saturated carbocycles. The van der Waals surface area contributed by atoms with E-state index in [0.717, 1.165) is 32.0 Å². The smallest absolute Gasteiger partial charge is 0.358 e. The Kier molecular flexibility index (Phi) is 27.9. The number of allylic oxidation sites excluding steroid dienone is 1. The summed E-state index contributed by atoms with van der Waals surface area (Å²) in [6, 6.07) is 0. The van der Waals surface area contributed by atoms with Crippen molar-refractivity contribution in [3.05, 3.63) is 38.9 Å². The summed E-state index contributed by atoms with van der Waals surface area (Å²) in [5, 5.41) is 12.9. The van der Waals surface area contributed by atoms with Crippen LogP contribution in [0.5, 0.6) is 0 Å². The third-order valence-corrected chi connectivity index (χ3v) is 2.42. The summed E-state index contributed by atoms with van der Waals surface area (Å²) in [7, 11) is 0. The van der Waals surface area contributed by atoms with Gasteiger partial charge < -0.3 is 25.5 Å². The summed E-state index contributed by atoms with van der Waals surface area (Å²) in [6.07, 6.45) is 6.36. The first-order valence-electron chi connectivity index (χ1n) is 7.49. The van der Waals surface area contributed by atoms with Crippen LogP contribution in [-0.4, -0.2) is 40.1 Å². The van der Waals surface area contributed by atoms with Gasteiger partial charge in [-0.15, -0.1) is 5.10 Å². The number of aromatic nitrogens is 3. The summed E-state index contributed by atoms with van der Waals surface area (Å²) in [4.78, 5) is 30.7. The molecule has 0 fully saturated rings. The Morgan fingerprint density at radius 1 is 1.31 bits per heavy atom. The van der Waals surface area contributed by atoms with Crippen LogP contribution in [0.1, 0.15) is 32.9 Å². The van der Waals surface area contributed by atoms with Crippen LogP contribution >= 0.6 is 0 Å². The van der Waals surface area contributed by atoms with Crippen LogP contribution in [0.15, 0.2) is 18.3 Å². The molecule has 1 aromatic heterocycles. The van der Waals surface area contributed by atoms with Crippen LogP contribution < -0.4 is 62.0 Å². The maximum Gasteiger partial charge on any atom is 1.00 e. The molecule has 0 radical (unpaired) electrons. The summed E-state index contributed by atoms with van der Waals surface area (Å²) < 4.78 is 1.72. The third-order valence-electron chi connectivity index (χ3n) is 2.42. The molecule has 1 aromatic rings. The molecule has 0 saturated heterocycles. The second-order valence-corrected chi connectivity index (χ2v) is 5.11. The van der Waals surface area contributed by atoms with E-state index in [4.69, 9.17) is 0 Å². The molecule has 0 aromatic carbocycles. The number of nitrogens with zero attached hydrogens (tertiary/aromatic N) is 3. The van der Waals surface area contributed by atoms with E-state index in [0.29, 0.717) is 24.4 Å². The first-order valence-corrected chi connectivity index (χ1v) is 7.49. The number of rotatable bonds is 9. The van der Waals surface area contributed by atoms with Crippen molar-refractivity contribution >= 4 is 18.6 Å². The van der Waals surface area contributed by atoms with Crippen molar-refractivity contribution in [3.63, 3.8) is 0 Å². The Bertz CT molecular complexity index is 504. The van der Waals surface area contributed by atoms with Crippen molar-refractivity contribution in [1.82, 2.24) is 25.6 Å². The number of aryl methyl sites for hydroxylation is 1. The molecular formula is C17H31KN5O3-. The monoisotopic (exact) mass is 392 g/mol. The van der Waals surface area contributed by atoms with Gasteiger partial charge in [0.15, 0.2) is 0 Å². The average molecular weight is 393 g/mol. The van der Waals surface area contributed by atoms with E-state index in [1.165, 1.54) is 6.08 Å². The van der Waals surface area contributed by atoms with Gasteiger partial charge in [0.1, 0.15) is 12.0 Å². The number of hydrogen-bond donors (Lipinski definition) is 2. The summed E-state index contributed by atoms with van der Waals surface area (Å²) >= 11 is 0. The topological polar surface area (TPSA) is 106 Å². The van der Waals surface area contributed by atoms with E-state index < -0.39 is 0 Å². The minimum absolute atomic E-state index is 0. The molecule has 26 heavy (non-hydrogen) atoms. The molecule has 0 aliphatic carbocycles. The molecule has 0 spiro atoms. The maximum absolute atomic E-state index is 11.1. The first-order chi connectivity index (χ1) is 11.0. The molecule has 0 bridgehead atoms. The Balaban J connectivity index is -0.000000211. The third kappa shape index (κ3) is 19.5. The number of amides is 2. The molecule has 0 aliphatic rings. The number of aldehydes is 1. The molecule has 1 rings (SSSR count). The zero-order valence-corrected chi connectivity index (χ0v) is 20.0. The predicted octanol–water partition coefficient (Wildman–Crippen LogP) is -1.65. The Morgan fingerprint density at radius 3 is 2.42 bits per heavy atom. The largest absolute Gasteiger partial charge is 1.00 e. The van der Waals surface area contributed by atoms with Crippen molar-refractivity contribution in [2.75, 3.05) is 6.54 Å². The number of hydrogen-bond acceptors (Lipinski definition) is 5. The van der Waals surface area contributed by atoms with Crippen molar-refractivity contribution in [2.24, 2.45) is 5.92 Å². The summed E-state index contributed by atoms with van der Waals surface area (Å²) in [6.45, 7) is 8.06. The zero-order chi connectivity index (χ0) is 17.5. The molecule has 1 heterocycles. The zero-order valence-electron chi connectivity index (χ0n) is 16.9. The minimum Gasteiger partial charge on any atom is -0.358 e. The molecule has 0 unspecified atom stereocenters. The molecule has 9 heteroatoms. The van der Waals surface area contributed by atoms with Crippen LogP contribution in [0.3, 0.4) is 0 Å². The summed E-state index contributed by atoms with van der Waals surface area (Å²) in [5.74, 6) is 0.238. The fourth-order valence-electron chi connectivity index (χ4n) is 1.41. The van der Waals surface area contributed by atoms with Gasteiger partial charge in [0, 0.05) is 19.2 Å². The van der Waals surface area contributed by atoms with Gasteiger partial charge in [-0.2, -0.15) is 0 Å². The van der Waals surface area contributed by atoms with E-state index in [9.17, 15) is 14.4 Å². The Hall–Kier alpha value is -0.874. The van der Waals surface area contributed by atoms with Gasteiger partial charge in [-0.25, -0.2) is 0 Å². The van der Waals surface area contributed by atoms with Gasteiger partial charge in [0.25, 0.3) is 0 Å². The van der Waals surface area contributed by atoms with Crippen LogP contribution in [0, 0.1) is 20.8 Å². The van der Waals surface area contributed by atoms with Crippen LogP contribution in [-0.2, 0) is 27.5 Å². The van der Waals surface area contributed by atoms with Gasteiger partial charge in [0.05, 0.1) is 12.7 Å². The standard InChI is InChI=1S/C10H14N4O2.C5H11NO.2CH3.K/c1-2-5-14-8-9(12-13-14)7-11-10(16)4-3-6-15;1-5(2)3-6-4-7;;;/h3-4,6,8H,2,5,7H2,1H3,(H,11,16);4-5H,3H2,1-2H3,(H,6,7);2*1H3;/q;;2*-1;+1/b4-3+;;;;. The predicted molar refractivity (Wildman–Crippen MR) is 99.1 cm³/mol. The van der Waals surface area contributed by atoms with Gasteiger partial charge in [-0.05, 0) is 18.4 Å². The van der Waals surface area contributed by atoms with Crippen molar-refractivity contribution in [3.8, 4) is 0 Å². The van der Waals surface area contributed by atoms with Crippen LogP contribution in [0.2, 0.25) is 0 Å². The van der Waals surface area contributed by atoms with E-state index in [1.54, 1.807) is 10.9 Å². The molecule has 8 nitrogen and oxygen atoms in total. The second kappa shape index (κ2) is 22.2. The number of carbonyl (C=O) groups excluding carboxylic acids is 3. The SMILES string of the molecule is CC(C)CNC=O.CCCn1cc(CNC(=O)/C=C/C=O)nn1.[CH3-].[CH3-].[K+]. The van der Waals surface area contributed by atoms with Crippen molar-refractivity contribution < 1.29 is 65.8 Å². The molecule has 2 N–H and O–H groups in total. The van der Waals surface area contributed by atoms with Crippen LogP contribution in [0.4, 0.5) is 0 Å². The molecule has 0 atom stereocenters. The fraction of sp³-hybridized carbons (Fsp3) is 0.471. The Morgan fingerprint density at radius 2 is 1.96 bits per heavy atom.